The van der Waals surface area contributed by atoms with Gasteiger partial charge in [-0.15, -0.1) is 0 Å². The van der Waals surface area contributed by atoms with Gasteiger partial charge in [0.05, 0.1) is 0 Å². The van der Waals surface area contributed by atoms with E-state index in [1.165, 1.54) is 0 Å². The number of hydrogen-bond acceptors (Lipinski definition) is 5. The zero-order chi connectivity index (χ0) is 8.20. The fraction of sp³-hybridized carbons (Fsp3) is 0.500. The second-order valence-corrected chi connectivity index (χ2v) is 3.92. The molecule has 0 saturated heterocycles. The summed E-state index contributed by atoms with van der Waals surface area (Å²) in [6.07, 6.45) is 1.48. The van der Waals surface area contributed by atoms with Crippen molar-refractivity contribution in [1.82, 2.24) is 0 Å². The van der Waals surface area contributed by atoms with E-state index in [0.717, 1.165) is 6.26 Å². The molecule has 0 unspecified atom stereocenters. The largest absolute Gasteiger partial charge is 0.411 e. The number of nitrogens with zero attached hydrogens (tertiary/aromatic N) is 1. The van der Waals surface area contributed by atoms with E-state index in [4.69, 9.17) is 5.21 Å². The summed E-state index contributed by atoms with van der Waals surface area (Å²) in [6, 6.07) is 0. The molecule has 0 aliphatic carbocycles. The topological polar surface area (TPSA) is 83.8 Å². The standard InChI is InChI=1S/C4H7NO4S/c1-10(8,9)3-4(6)2-5-7/h2,7H,3H2,1H3/b5-2-. The van der Waals surface area contributed by atoms with E-state index in [0.29, 0.717) is 6.21 Å². The highest BCUT2D eigenvalue weighted by molar-refractivity contribution is 7.91. The first-order valence-corrected chi connectivity index (χ1v) is 4.40. The van der Waals surface area contributed by atoms with Crippen LogP contribution in [0.15, 0.2) is 5.16 Å². The molecule has 0 aromatic heterocycles. The smallest absolute Gasteiger partial charge is 0.192 e. The summed E-state index contributed by atoms with van der Waals surface area (Å²) in [5.41, 5.74) is 0. The summed E-state index contributed by atoms with van der Waals surface area (Å²) in [7, 11) is -3.30. The van der Waals surface area contributed by atoms with E-state index in [2.05, 4.69) is 5.16 Å². The van der Waals surface area contributed by atoms with Crippen LogP contribution in [-0.4, -0.2) is 37.6 Å². The Labute approximate surface area is 58.3 Å². The van der Waals surface area contributed by atoms with Gasteiger partial charge in [0.1, 0.15) is 12.0 Å². The lowest BCUT2D eigenvalue weighted by molar-refractivity contribution is -0.110. The Morgan fingerprint density at radius 2 is 2.20 bits per heavy atom. The second kappa shape index (κ2) is 3.31. The van der Waals surface area contributed by atoms with Crippen molar-refractivity contribution in [1.29, 1.82) is 0 Å². The molecule has 0 bridgehead atoms. The average molecular weight is 165 g/mol. The van der Waals surface area contributed by atoms with Gasteiger partial charge >= 0.3 is 0 Å². The minimum Gasteiger partial charge on any atom is -0.411 e. The zero-order valence-electron chi connectivity index (χ0n) is 5.31. The van der Waals surface area contributed by atoms with Gasteiger partial charge in [-0.25, -0.2) is 8.42 Å². The van der Waals surface area contributed by atoms with Gasteiger partial charge in [-0.3, -0.25) is 4.79 Å². The van der Waals surface area contributed by atoms with Gasteiger partial charge in [0, 0.05) is 6.26 Å². The molecule has 0 aromatic rings. The Balaban J connectivity index is 4.07. The Morgan fingerprint density at radius 1 is 1.70 bits per heavy atom. The molecule has 0 atom stereocenters. The molecule has 0 aliphatic heterocycles. The summed E-state index contributed by atoms with van der Waals surface area (Å²) in [6.45, 7) is 0. The molecule has 0 radical (unpaired) electrons. The summed E-state index contributed by atoms with van der Waals surface area (Å²) in [5, 5.41) is 10.2. The van der Waals surface area contributed by atoms with Gasteiger partial charge < -0.3 is 5.21 Å². The van der Waals surface area contributed by atoms with E-state index >= 15 is 0 Å². The third-order valence-corrected chi connectivity index (χ3v) is 1.42. The maximum absolute atomic E-state index is 10.4. The van der Waals surface area contributed by atoms with Crippen LogP contribution in [0.5, 0.6) is 0 Å². The van der Waals surface area contributed by atoms with Crippen molar-refractivity contribution in [2.45, 2.75) is 0 Å². The number of ketones is 1. The van der Waals surface area contributed by atoms with Crippen LogP contribution in [0, 0.1) is 0 Å². The van der Waals surface area contributed by atoms with E-state index in [9.17, 15) is 13.2 Å². The number of sulfone groups is 1. The third-order valence-electron chi connectivity index (χ3n) is 0.606. The molecule has 0 fully saturated rings. The Kier molecular flexibility index (Phi) is 3.01. The lowest BCUT2D eigenvalue weighted by Crippen LogP contribution is -2.14. The molecule has 0 aliphatic rings. The first kappa shape index (κ1) is 9.09. The molecule has 6 heteroatoms. The molecular weight excluding hydrogens is 158 g/mol. The predicted molar refractivity (Wildman–Crippen MR) is 35.0 cm³/mol. The highest BCUT2D eigenvalue weighted by Crippen LogP contribution is 1.81. The maximum atomic E-state index is 10.4. The lowest BCUT2D eigenvalue weighted by atomic mass is 10.5. The molecule has 5 nitrogen and oxygen atoms in total. The summed E-state index contributed by atoms with van der Waals surface area (Å²) in [5.74, 6) is -1.35. The number of hydrogen-bond donors (Lipinski definition) is 1. The van der Waals surface area contributed by atoms with Crippen molar-refractivity contribution in [3.05, 3.63) is 0 Å². The first-order chi connectivity index (χ1) is 4.45. The molecule has 0 heterocycles. The van der Waals surface area contributed by atoms with Crippen LogP contribution in [0.1, 0.15) is 0 Å². The molecule has 0 spiro atoms. The van der Waals surface area contributed by atoms with Gasteiger partial charge in [-0.1, -0.05) is 5.16 Å². The quantitative estimate of drug-likeness (QED) is 0.332. The number of oxime groups is 1. The molecule has 10 heavy (non-hydrogen) atoms. The van der Waals surface area contributed by atoms with E-state index in [1.54, 1.807) is 0 Å². The monoisotopic (exact) mass is 165 g/mol. The number of carbonyl (C=O) groups is 1. The van der Waals surface area contributed by atoms with Crippen LogP contribution in [0.4, 0.5) is 0 Å². The van der Waals surface area contributed by atoms with Crippen LogP contribution < -0.4 is 0 Å². The minimum absolute atomic E-state index is 0.557. The number of rotatable bonds is 3. The van der Waals surface area contributed by atoms with Crippen LogP contribution in [0.25, 0.3) is 0 Å². The van der Waals surface area contributed by atoms with Crippen molar-refractivity contribution < 1.29 is 18.4 Å². The van der Waals surface area contributed by atoms with Crippen LogP contribution in [-0.2, 0) is 14.6 Å². The summed E-state index contributed by atoms with van der Waals surface area (Å²) in [4.78, 5) is 10.4. The van der Waals surface area contributed by atoms with Crippen molar-refractivity contribution in [3.8, 4) is 0 Å². The van der Waals surface area contributed by atoms with Crippen LogP contribution in [0.2, 0.25) is 0 Å². The van der Waals surface area contributed by atoms with Gasteiger partial charge in [-0.2, -0.15) is 0 Å². The molecule has 0 aromatic carbocycles. The molecule has 0 rings (SSSR count). The van der Waals surface area contributed by atoms with Crippen molar-refractivity contribution >= 4 is 21.8 Å². The summed E-state index contributed by atoms with van der Waals surface area (Å²) < 4.78 is 20.7. The van der Waals surface area contributed by atoms with Gasteiger partial charge in [0.25, 0.3) is 0 Å². The van der Waals surface area contributed by atoms with Gasteiger partial charge in [0.2, 0.25) is 0 Å². The van der Waals surface area contributed by atoms with Crippen molar-refractivity contribution in [3.63, 3.8) is 0 Å². The normalized spacial score (nSPS) is 12.1. The van der Waals surface area contributed by atoms with E-state index in [1.807, 2.05) is 0 Å². The zero-order valence-corrected chi connectivity index (χ0v) is 6.13. The fourth-order valence-electron chi connectivity index (χ4n) is 0.360. The van der Waals surface area contributed by atoms with Gasteiger partial charge in [-0.05, 0) is 0 Å². The van der Waals surface area contributed by atoms with E-state index < -0.39 is 21.4 Å². The highest BCUT2D eigenvalue weighted by Gasteiger charge is 2.07. The SMILES string of the molecule is CS(=O)(=O)CC(=O)/C=N\O. The number of Topliss-reactive ketones (excluding diaryl/α,β-unsaturated/α-hetero) is 1. The third kappa shape index (κ3) is 5.23. The van der Waals surface area contributed by atoms with Crippen LogP contribution >= 0.6 is 0 Å². The molecule has 58 valence electrons. The Morgan fingerprint density at radius 3 is 2.50 bits per heavy atom. The fourth-order valence-corrected chi connectivity index (χ4v) is 0.951. The van der Waals surface area contributed by atoms with Gasteiger partial charge in [0.15, 0.2) is 15.6 Å². The average Bonchev–Trinajstić information content (AvgIpc) is 1.59. The Hall–Kier alpha value is -0.910. The van der Waals surface area contributed by atoms with Crippen molar-refractivity contribution in [2.75, 3.05) is 12.0 Å². The van der Waals surface area contributed by atoms with Crippen molar-refractivity contribution in [2.24, 2.45) is 5.16 Å². The first-order valence-electron chi connectivity index (χ1n) is 2.33. The molecule has 1 N–H and O–H groups in total. The number of carbonyl (C=O) groups excluding carboxylic acids is 1. The van der Waals surface area contributed by atoms with Crippen LogP contribution in [0.3, 0.4) is 0 Å². The predicted octanol–water partition coefficient (Wildman–Crippen LogP) is -0.940. The molecular formula is C4H7NO4S. The maximum Gasteiger partial charge on any atom is 0.192 e. The highest BCUT2D eigenvalue weighted by atomic mass is 32.2. The van der Waals surface area contributed by atoms with E-state index in [-0.39, 0.29) is 0 Å². The molecule has 0 amide bonds. The summed E-state index contributed by atoms with van der Waals surface area (Å²) >= 11 is 0. The lowest BCUT2D eigenvalue weighted by Gasteiger charge is -1.88. The minimum atomic E-state index is -3.30. The second-order valence-electron chi connectivity index (χ2n) is 1.78. The Bertz CT molecular complexity index is 240. The molecule has 0 saturated carbocycles.